The minimum atomic E-state index is -0.774. The summed E-state index contributed by atoms with van der Waals surface area (Å²) in [7, 11) is 3.07. The van der Waals surface area contributed by atoms with Crippen molar-refractivity contribution in [2.45, 2.75) is 26.5 Å². The van der Waals surface area contributed by atoms with Gasteiger partial charge in [0.25, 0.3) is 5.56 Å². The molecule has 0 fully saturated rings. The Kier molecular flexibility index (Phi) is 8.53. The van der Waals surface area contributed by atoms with Crippen molar-refractivity contribution in [3.8, 4) is 17.2 Å². The predicted molar refractivity (Wildman–Crippen MR) is 157 cm³/mol. The van der Waals surface area contributed by atoms with Crippen LogP contribution in [-0.4, -0.2) is 31.4 Å². The standard InChI is InChI=1S/C32H29FN2O6S/c1-5-40-31(37)28-19(2)34-32-35(29(28)22-10-15-25(38-3)26(17-22)39-4)30(36)27(42-32)16-20-8-13-24(14-9-20)41-18-21-6-11-23(33)12-7-21/h6-17,29H,5,18H2,1-4H3/b27-16-/t29-/m1/s1. The maximum Gasteiger partial charge on any atom is 0.338 e. The Morgan fingerprint density at radius 3 is 2.40 bits per heavy atom. The molecule has 42 heavy (non-hydrogen) atoms. The number of esters is 1. The lowest BCUT2D eigenvalue weighted by Gasteiger charge is -2.25. The summed E-state index contributed by atoms with van der Waals surface area (Å²) in [6.45, 7) is 3.95. The number of carbonyl (C=O) groups is 1. The SMILES string of the molecule is CCOC(=O)C1=C(C)N=c2s/c(=C\c3ccc(OCc4ccc(F)cc4)cc3)c(=O)n2[C@@H]1c1ccc(OC)c(OC)c1. The number of benzene rings is 3. The third-order valence-corrected chi connectivity index (χ3v) is 7.72. The lowest BCUT2D eigenvalue weighted by Crippen LogP contribution is -2.39. The quantitative estimate of drug-likeness (QED) is 0.267. The molecule has 0 saturated carbocycles. The highest BCUT2D eigenvalue weighted by Crippen LogP contribution is 2.36. The molecule has 0 spiro atoms. The van der Waals surface area contributed by atoms with Crippen molar-refractivity contribution in [3.63, 3.8) is 0 Å². The molecule has 0 saturated heterocycles. The smallest absolute Gasteiger partial charge is 0.338 e. The fourth-order valence-corrected chi connectivity index (χ4v) is 5.74. The van der Waals surface area contributed by atoms with Gasteiger partial charge in [-0.25, -0.2) is 14.2 Å². The van der Waals surface area contributed by atoms with E-state index in [0.717, 1.165) is 11.1 Å². The van der Waals surface area contributed by atoms with E-state index in [9.17, 15) is 14.0 Å². The summed E-state index contributed by atoms with van der Waals surface area (Å²) < 4.78 is 37.2. The number of carbonyl (C=O) groups excluding carboxylic acids is 1. The van der Waals surface area contributed by atoms with Crippen LogP contribution < -0.4 is 29.1 Å². The minimum Gasteiger partial charge on any atom is -0.493 e. The van der Waals surface area contributed by atoms with Crippen molar-refractivity contribution in [1.29, 1.82) is 0 Å². The van der Waals surface area contributed by atoms with Crippen molar-refractivity contribution in [2.24, 2.45) is 4.99 Å². The van der Waals surface area contributed by atoms with Gasteiger partial charge in [0.05, 0.1) is 42.7 Å². The molecule has 1 aromatic heterocycles. The van der Waals surface area contributed by atoms with E-state index in [4.69, 9.17) is 18.9 Å². The predicted octanol–water partition coefficient (Wildman–Crippen LogP) is 4.53. The average molecular weight is 589 g/mol. The van der Waals surface area contributed by atoms with E-state index in [2.05, 4.69) is 4.99 Å². The number of methoxy groups -OCH3 is 2. The Morgan fingerprint density at radius 2 is 1.74 bits per heavy atom. The van der Waals surface area contributed by atoms with Gasteiger partial charge in [-0.15, -0.1) is 0 Å². The molecule has 1 aliphatic rings. The number of rotatable bonds is 9. The zero-order valence-corrected chi connectivity index (χ0v) is 24.4. The second-order valence-electron chi connectivity index (χ2n) is 9.40. The first-order valence-electron chi connectivity index (χ1n) is 13.2. The zero-order valence-electron chi connectivity index (χ0n) is 23.5. The molecule has 1 atom stereocenters. The van der Waals surface area contributed by atoms with Gasteiger partial charge in [0.1, 0.15) is 18.2 Å². The summed E-state index contributed by atoms with van der Waals surface area (Å²) in [5.41, 5.74) is 2.76. The second-order valence-corrected chi connectivity index (χ2v) is 10.4. The summed E-state index contributed by atoms with van der Waals surface area (Å²) in [5.74, 6) is 0.801. The molecule has 0 aliphatic carbocycles. The number of nitrogens with zero attached hydrogens (tertiary/aromatic N) is 2. The van der Waals surface area contributed by atoms with Gasteiger partial charge in [0, 0.05) is 0 Å². The van der Waals surface area contributed by atoms with Crippen molar-refractivity contribution in [3.05, 3.63) is 120 Å². The van der Waals surface area contributed by atoms with Gasteiger partial charge >= 0.3 is 5.97 Å². The topological polar surface area (TPSA) is 88.4 Å². The molecular weight excluding hydrogens is 559 g/mol. The van der Waals surface area contributed by atoms with Crippen molar-refractivity contribution in [1.82, 2.24) is 4.57 Å². The Labute approximate surface area is 245 Å². The lowest BCUT2D eigenvalue weighted by molar-refractivity contribution is -0.139. The van der Waals surface area contributed by atoms with Crippen LogP contribution in [0.15, 0.2) is 87.8 Å². The maximum absolute atomic E-state index is 13.9. The number of hydrogen-bond donors (Lipinski definition) is 0. The summed E-state index contributed by atoms with van der Waals surface area (Å²) in [5, 5.41) is 0. The van der Waals surface area contributed by atoms with E-state index >= 15 is 0 Å². The lowest BCUT2D eigenvalue weighted by atomic mass is 9.95. The molecule has 0 radical (unpaired) electrons. The number of thiazole rings is 1. The molecule has 0 N–H and O–H groups in total. The molecule has 1 aliphatic heterocycles. The molecule has 4 aromatic rings. The molecule has 0 amide bonds. The summed E-state index contributed by atoms with van der Waals surface area (Å²) in [6.07, 6.45) is 1.78. The van der Waals surface area contributed by atoms with E-state index in [1.807, 2.05) is 24.3 Å². The molecule has 3 aromatic carbocycles. The molecule has 2 heterocycles. The first-order chi connectivity index (χ1) is 20.3. The van der Waals surface area contributed by atoms with Crippen molar-refractivity contribution in [2.75, 3.05) is 20.8 Å². The number of aromatic nitrogens is 1. The fourth-order valence-electron chi connectivity index (χ4n) is 4.69. The molecule has 10 heteroatoms. The third kappa shape index (κ3) is 5.84. The molecule has 216 valence electrons. The summed E-state index contributed by atoms with van der Waals surface area (Å²) >= 11 is 1.24. The summed E-state index contributed by atoms with van der Waals surface area (Å²) in [6, 6.07) is 18.0. The van der Waals surface area contributed by atoms with Gasteiger partial charge in [-0.05, 0) is 73.0 Å². The monoisotopic (exact) mass is 588 g/mol. The molecular formula is C32H29FN2O6S. The van der Waals surface area contributed by atoms with Crippen molar-refractivity contribution >= 4 is 23.4 Å². The van der Waals surface area contributed by atoms with Crippen LogP contribution in [0, 0.1) is 5.82 Å². The zero-order chi connectivity index (χ0) is 29.8. The largest absolute Gasteiger partial charge is 0.493 e. The Balaban J connectivity index is 1.52. The first kappa shape index (κ1) is 28.8. The van der Waals surface area contributed by atoms with E-state index in [1.54, 1.807) is 57.4 Å². The van der Waals surface area contributed by atoms with E-state index in [0.29, 0.717) is 44.4 Å². The van der Waals surface area contributed by atoms with Crippen molar-refractivity contribution < 1.29 is 28.1 Å². The van der Waals surface area contributed by atoms with Crippen LogP contribution in [0.2, 0.25) is 0 Å². The van der Waals surface area contributed by atoms with Gasteiger partial charge < -0.3 is 18.9 Å². The van der Waals surface area contributed by atoms with Crippen LogP contribution in [-0.2, 0) is 16.1 Å². The van der Waals surface area contributed by atoms with Crippen LogP contribution in [0.4, 0.5) is 4.39 Å². The van der Waals surface area contributed by atoms with Gasteiger partial charge in [-0.2, -0.15) is 0 Å². The first-order valence-corrected chi connectivity index (χ1v) is 14.0. The highest BCUT2D eigenvalue weighted by molar-refractivity contribution is 7.07. The van der Waals surface area contributed by atoms with Crippen LogP contribution in [0.5, 0.6) is 17.2 Å². The number of hydrogen-bond acceptors (Lipinski definition) is 8. The van der Waals surface area contributed by atoms with E-state index in [-0.39, 0.29) is 23.6 Å². The Morgan fingerprint density at radius 1 is 1.02 bits per heavy atom. The van der Waals surface area contributed by atoms with E-state index in [1.165, 1.54) is 35.1 Å². The number of halogens is 1. The Bertz CT molecular complexity index is 1820. The number of fused-ring (bicyclic) bond motifs is 1. The van der Waals surface area contributed by atoms with Gasteiger partial charge in [0.2, 0.25) is 0 Å². The Hall–Kier alpha value is -4.70. The molecule has 8 nitrogen and oxygen atoms in total. The van der Waals surface area contributed by atoms with Gasteiger partial charge in [-0.3, -0.25) is 9.36 Å². The molecule has 0 unspecified atom stereocenters. The van der Waals surface area contributed by atoms with Crippen LogP contribution in [0.3, 0.4) is 0 Å². The van der Waals surface area contributed by atoms with E-state index < -0.39 is 12.0 Å². The number of allylic oxidation sites excluding steroid dienone is 1. The fraction of sp³-hybridized carbons (Fsp3) is 0.219. The number of ether oxygens (including phenoxy) is 4. The minimum absolute atomic E-state index is 0.183. The van der Waals surface area contributed by atoms with Crippen LogP contribution >= 0.6 is 11.3 Å². The highest BCUT2D eigenvalue weighted by Gasteiger charge is 2.33. The third-order valence-electron chi connectivity index (χ3n) is 6.74. The van der Waals surface area contributed by atoms with Gasteiger partial charge in [-0.1, -0.05) is 41.7 Å². The second kappa shape index (κ2) is 12.4. The molecule has 5 rings (SSSR count). The summed E-state index contributed by atoms with van der Waals surface area (Å²) in [4.78, 5) is 32.1. The maximum atomic E-state index is 13.9. The normalized spacial score (nSPS) is 14.7. The van der Waals surface area contributed by atoms with Gasteiger partial charge in [0.15, 0.2) is 16.3 Å². The molecule has 0 bridgehead atoms. The van der Waals surface area contributed by atoms with Crippen LogP contribution in [0.1, 0.15) is 36.6 Å². The average Bonchev–Trinajstić information content (AvgIpc) is 3.30. The highest BCUT2D eigenvalue weighted by atomic mass is 32.1. The van der Waals surface area contributed by atoms with Crippen LogP contribution in [0.25, 0.3) is 6.08 Å².